The fourth-order valence-electron chi connectivity index (χ4n) is 1.41. The summed E-state index contributed by atoms with van der Waals surface area (Å²) in [6, 6.07) is -0.0160. The van der Waals surface area contributed by atoms with Crippen LogP contribution in [0, 0.1) is 0 Å². The van der Waals surface area contributed by atoms with E-state index in [1.807, 2.05) is 24.6 Å². The van der Waals surface area contributed by atoms with Crippen molar-refractivity contribution >= 4 is 5.91 Å². The molecule has 0 aliphatic carbocycles. The first-order valence-electron chi connectivity index (χ1n) is 5.10. The Hall–Kier alpha value is -1.36. The molecule has 1 aromatic heterocycles. The second-order valence-corrected chi connectivity index (χ2v) is 3.87. The van der Waals surface area contributed by atoms with Gasteiger partial charge in [0.1, 0.15) is 0 Å². The summed E-state index contributed by atoms with van der Waals surface area (Å²) in [4.78, 5) is 15.1. The Morgan fingerprint density at radius 1 is 1.60 bits per heavy atom. The molecule has 1 aromatic rings. The van der Waals surface area contributed by atoms with Crippen molar-refractivity contribution in [2.24, 2.45) is 5.73 Å². The van der Waals surface area contributed by atoms with E-state index in [1.54, 1.807) is 12.5 Å². The maximum atomic E-state index is 11.1. The molecule has 1 rings (SSSR count). The van der Waals surface area contributed by atoms with Gasteiger partial charge in [0, 0.05) is 25.0 Å². The Kier molecular flexibility index (Phi) is 4.30. The highest BCUT2D eigenvalue weighted by atomic mass is 16.1. The number of nitrogens with one attached hydrogen (secondary N) is 1. The molecule has 1 unspecified atom stereocenters. The first-order chi connectivity index (χ1) is 7.09. The lowest BCUT2D eigenvalue weighted by atomic mass is 10.1. The molecule has 0 spiro atoms. The van der Waals surface area contributed by atoms with Gasteiger partial charge in [-0.1, -0.05) is 13.8 Å². The molecule has 1 amide bonds. The highest BCUT2D eigenvalue weighted by molar-refractivity contribution is 5.79. The molecule has 1 heterocycles. The van der Waals surface area contributed by atoms with Gasteiger partial charge in [-0.25, -0.2) is 4.98 Å². The van der Waals surface area contributed by atoms with Crippen molar-refractivity contribution in [3.8, 4) is 0 Å². The van der Waals surface area contributed by atoms with E-state index in [0.29, 0.717) is 6.42 Å². The summed E-state index contributed by atoms with van der Waals surface area (Å²) in [6.07, 6.45) is 6.00. The van der Waals surface area contributed by atoms with Crippen LogP contribution in [0.1, 0.15) is 20.3 Å². The Morgan fingerprint density at radius 3 is 2.80 bits per heavy atom. The number of nitrogens with two attached hydrogens (primary N) is 1. The lowest BCUT2D eigenvalue weighted by Crippen LogP contribution is -2.45. The molecule has 5 heteroatoms. The largest absolute Gasteiger partial charge is 0.368 e. The molecule has 0 aliphatic heterocycles. The number of amides is 1. The minimum absolute atomic E-state index is 0.255. The van der Waals surface area contributed by atoms with Gasteiger partial charge in [-0.15, -0.1) is 0 Å². The fourth-order valence-corrected chi connectivity index (χ4v) is 1.41. The summed E-state index contributed by atoms with van der Waals surface area (Å²) >= 11 is 0. The maximum absolute atomic E-state index is 11.1. The van der Waals surface area contributed by atoms with Crippen LogP contribution in [0.25, 0.3) is 0 Å². The Bertz CT molecular complexity index is 294. The molecule has 0 fully saturated rings. The van der Waals surface area contributed by atoms with Gasteiger partial charge in [0.2, 0.25) is 5.91 Å². The SMILES string of the molecule is CC(C)NC(CCn1ccnc1)C(N)=O. The molecule has 84 valence electrons. The summed E-state index contributed by atoms with van der Waals surface area (Å²) in [5.41, 5.74) is 5.30. The average molecular weight is 210 g/mol. The monoisotopic (exact) mass is 210 g/mol. The van der Waals surface area contributed by atoms with Crippen LogP contribution in [-0.4, -0.2) is 27.5 Å². The Labute approximate surface area is 89.7 Å². The zero-order chi connectivity index (χ0) is 11.3. The van der Waals surface area contributed by atoms with E-state index in [0.717, 1.165) is 6.54 Å². The van der Waals surface area contributed by atoms with Crippen LogP contribution >= 0.6 is 0 Å². The van der Waals surface area contributed by atoms with Crippen molar-refractivity contribution < 1.29 is 4.79 Å². The van der Waals surface area contributed by atoms with E-state index in [-0.39, 0.29) is 18.0 Å². The molecular formula is C10H18N4O. The highest BCUT2D eigenvalue weighted by Gasteiger charge is 2.15. The average Bonchev–Trinajstić information content (AvgIpc) is 2.63. The lowest BCUT2D eigenvalue weighted by molar-refractivity contribution is -0.120. The normalized spacial score (nSPS) is 13.0. The molecule has 5 nitrogen and oxygen atoms in total. The van der Waals surface area contributed by atoms with Gasteiger partial charge >= 0.3 is 0 Å². The number of imidazole rings is 1. The van der Waals surface area contributed by atoms with Crippen LogP contribution in [0.4, 0.5) is 0 Å². The predicted octanol–water partition coefficient (Wildman–Crippen LogP) is 0.125. The summed E-state index contributed by atoms with van der Waals surface area (Å²) in [6.45, 7) is 4.73. The quantitative estimate of drug-likeness (QED) is 0.700. The summed E-state index contributed by atoms with van der Waals surface area (Å²) in [5.74, 6) is -0.302. The number of rotatable bonds is 6. The number of primary amides is 1. The minimum atomic E-state index is -0.302. The van der Waals surface area contributed by atoms with E-state index in [4.69, 9.17) is 5.73 Å². The van der Waals surface area contributed by atoms with Gasteiger partial charge in [0.25, 0.3) is 0 Å². The first kappa shape index (κ1) is 11.7. The van der Waals surface area contributed by atoms with Gasteiger partial charge < -0.3 is 15.6 Å². The van der Waals surface area contributed by atoms with Gasteiger partial charge in [-0.2, -0.15) is 0 Å². The van der Waals surface area contributed by atoms with E-state index in [1.165, 1.54) is 0 Å². The third-order valence-electron chi connectivity index (χ3n) is 2.11. The van der Waals surface area contributed by atoms with Gasteiger partial charge in [0.05, 0.1) is 12.4 Å². The second kappa shape index (κ2) is 5.50. The van der Waals surface area contributed by atoms with E-state index in [2.05, 4.69) is 10.3 Å². The van der Waals surface area contributed by atoms with Crippen molar-refractivity contribution in [2.75, 3.05) is 0 Å². The number of carbonyl (C=O) groups is 1. The fraction of sp³-hybridized carbons (Fsp3) is 0.600. The molecule has 3 N–H and O–H groups in total. The summed E-state index contributed by atoms with van der Waals surface area (Å²) < 4.78 is 1.93. The standard InChI is InChI=1S/C10H18N4O/c1-8(2)13-9(10(11)15)3-5-14-6-4-12-7-14/h4,6-9,13H,3,5H2,1-2H3,(H2,11,15). The second-order valence-electron chi connectivity index (χ2n) is 3.87. The van der Waals surface area contributed by atoms with Crippen LogP contribution in [0.3, 0.4) is 0 Å². The summed E-state index contributed by atoms with van der Waals surface area (Å²) in [5, 5.41) is 3.13. The van der Waals surface area contributed by atoms with Crippen LogP contribution in [0.15, 0.2) is 18.7 Å². The van der Waals surface area contributed by atoms with Crippen LogP contribution in [0.2, 0.25) is 0 Å². The van der Waals surface area contributed by atoms with Crippen molar-refractivity contribution in [3.63, 3.8) is 0 Å². The number of nitrogens with zero attached hydrogens (tertiary/aromatic N) is 2. The molecule has 0 aromatic carbocycles. The smallest absolute Gasteiger partial charge is 0.234 e. The van der Waals surface area contributed by atoms with E-state index in [9.17, 15) is 4.79 Å². The number of hydrogen-bond acceptors (Lipinski definition) is 3. The van der Waals surface area contributed by atoms with E-state index >= 15 is 0 Å². The molecule has 0 bridgehead atoms. The van der Waals surface area contributed by atoms with Crippen LogP contribution < -0.4 is 11.1 Å². The van der Waals surface area contributed by atoms with E-state index < -0.39 is 0 Å². The summed E-state index contributed by atoms with van der Waals surface area (Å²) in [7, 11) is 0. The third kappa shape index (κ3) is 4.12. The van der Waals surface area contributed by atoms with Crippen molar-refractivity contribution in [2.45, 2.75) is 38.9 Å². The first-order valence-corrected chi connectivity index (χ1v) is 5.10. The molecule has 1 atom stereocenters. The molecular weight excluding hydrogens is 192 g/mol. The zero-order valence-electron chi connectivity index (χ0n) is 9.18. The lowest BCUT2D eigenvalue weighted by Gasteiger charge is -2.18. The Balaban J connectivity index is 2.41. The van der Waals surface area contributed by atoms with Crippen LogP contribution in [0.5, 0.6) is 0 Å². The molecule has 0 saturated heterocycles. The Morgan fingerprint density at radius 2 is 2.33 bits per heavy atom. The third-order valence-corrected chi connectivity index (χ3v) is 2.11. The maximum Gasteiger partial charge on any atom is 0.234 e. The highest BCUT2D eigenvalue weighted by Crippen LogP contribution is 1.98. The topological polar surface area (TPSA) is 72.9 Å². The predicted molar refractivity (Wildman–Crippen MR) is 58.1 cm³/mol. The van der Waals surface area contributed by atoms with Crippen molar-refractivity contribution in [1.29, 1.82) is 0 Å². The minimum Gasteiger partial charge on any atom is -0.368 e. The van der Waals surface area contributed by atoms with Gasteiger partial charge in [-0.05, 0) is 6.42 Å². The number of hydrogen-bond donors (Lipinski definition) is 2. The molecule has 0 saturated carbocycles. The molecule has 0 radical (unpaired) electrons. The number of aromatic nitrogens is 2. The molecule has 15 heavy (non-hydrogen) atoms. The van der Waals surface area contributed by atoms with Crippen molar-refractivity contribution in [1.82, 2.24) is 14.9 Å². The van der Waals surface area contributed by atoms with Crippen LogP contribution in [-0.2, 0) is 11.3 Å². The zero-order valence-corrected chi connectivity index (χ0v) is 9.18. The van der Waals surface area contributed by atoms with Gasteiger partial charge in [-0.3, -0.25) is 4.79 Å². The number of aryl methyl sites for hydroxylation is 1. The number of carbonyl (C=O) groups excluding carboxylic acids is 1. The molecule has 0 aliphatic rings. The van der Waals surface area contributed by atoms with Gasteiger partial charge in [0.15, 0.2) is 0 Å². The van der Waals surface area contributed by atoms with Crippen molar-refractivity contribution in [3.05, 3.63) is 18.7 Å².